The molecule has 0 bridgehead atoms. The normalized spacial score (nSPS) is 13.1. The lowest BCUT2D eigenvalue weighted by molar-refractivity contribution is 0.0764. The molecule has 0 radical (unpaired) electrons. The van der Waals surface area contributed by atoms with Crippen molar-refractivity contribution in [2.45, 2.75) is 26.9 Å². The number of nitrogens with zero attached hydrogens (tertiary/aromatic N) is 3. The topological polar surface area (TPSA) is 90.8 Å². The first-order valence-electron chi connectivity index (χ1n) is 9.68. The summed E-state index contributed by atoms with van der Waals surface area (Å²) >= 11 is 0. The largest absolute Gasteiger partial charge is 0.505 e. The van der Waals surface area contributed by atoms with Crippen LogP contribution in [0.5, 0.6) is 5.75 Å². The molecule has 1 amide bonds. The van der Waals surface area contributed by atoms with Crippen molar-refractivity contribution in [3.63, 3.8) is 0 Å². The first-order valence-corrected chi connectivity index (χ1v) is 11.5. The minimum Gasteiger partial charge on any atom is -0.505 e. The zero-order valence-electron chi connectivity index (χ0n) is 17.5. The Bertz CT molecular complexity index is 1190. The molecule has 1 N–H and O–H groups in total. The molecule has 0 spiro atoms. The van der Waals surface area contributed by atoms with Gasteiger partial charge in [0, 0.05) is 37.3 Å². The summed E-state index contributed by atoms with van der Waals surface area (Å²) in [7, 11) is -2.14. The summed E-state index contributed by atoms with van der Waals surface area (Å²) in [5, 5.41) is 11.2. The van der Waals surface area contributed by atoms with Crippen LogP contribution in [-0.2, 0) is 23.1 Å². The minimum atomic E-state index is -3.58. The van der Waals surface area contributed by atoms with Gasteiger partial charge < -0.3 is 10.0 Å². The highest BCUT2D eigenvalue weighted by Crippen LogP contribution is 2.44. The van der Waals surface area contributed by atoms with E-state index in [0.717, 1.165) is 16.1 Å². The van der Waals surface area contributed by atoms with Crippen LogP contribution in [0.4, 0.5) is 5.69 Å². The van der Waals surface area contributed by atoms with E-state index in [0.29, 0.717) is 23.2 Å². The van der Waals surface area contributed by atoms with Gasteiger partial charge in [-0.25, -0.2) is 8.42 Å². The Labute approximate surface area is 176 Å². The maximum Gasteiger partial charge on any atom is 0.258 e. The lowest BCUT2D eigenvalue weighted by Crippen LogP contribution is -2.26. The number of rotatable bonds is 4. The number of aromatic hydroxyl groups is 1. The average molecular weight is 428 g/mol. The van der Waals surface area contributed by atoms with Crippen molar-refractivity contribution in [3.8, 4) is 5.75 Å². The SMILES string of the molecule is CC.CN(c1c2c(c(O)c3ncccc13)C(=O)N(Cc1ccccc1)C2)S(C)(=O)=O. The van der Waals surface area contributed by atoms with Gasteiger partial charge in [-0.2, -0.15) is 0 Å². The van der Waals surface area contributed by atoms with E-state index in [1.165, 1.54) is 13.2 Å². The van der Waals surface area contributed by atoms with Crippen LogP contribution in [0.25, 0.3) is 10.9 Å². The van der Waals surface area contributed by atoms with Crippen LogP contribution >= 0.6 is 0 Å². The van der Waals surface area contributed by atoms with Crippen LogP contribution in [0.1, 0.15) is 35.3 Å². The summed E-state index contributed by atoms with van der Waals surface area (Å²) in [5.41, 5.74) is 2.15. The van der Waals surface area contributed by atoms with Crippen LogP contribution in [0.2, 0.25) is 0 Å². The van der Waals surface area contributed by atoms with Gasteiger partial charge in [0.25, 0.3) is 5.91 Å². The van der Waals surface area contributed by atoms with Gasteiger partial charge >= 0.3 is 0 Å². The number of phenolic OH excluding ortho intramolecular Hbond substituents is 1. The van der Waals surface area contributed by atoms with E-state index in [2.05, 4.69) is 4.98 Å². The molecule has 0 fully saturated rings. The molecule has 0 saturated heterocycles. The van der Waals surface area contributed by atoms with Crippen LogP contribution in [0.15, 0.2) is 48.7 Å². The number of anilines is 1. The first-order chi connectivity index (χ1) is 14.3. The molecule has 158 valence electrons. The monoisotopic (exact) mass is 427 g/mol. The Morgan fingerprint density at radius 2 is 1.80 bits per heavy atom. The van der Waals surface area contributed by atoms with Crippen LogP contribution < -0.4 is 4.31 Å². The third-order valence-corrected chi connectivity index (χ3v) is 6.17. The predicted octanol–water partition coefficient (Wildman–Crippen LogP) is 3.52. The van der Waals surface area contributed by atoms with Crippen molar-refractivity contribution >= 4 is 32.5 Å². The Balaban J connectivity index is 0.00000124. The predicted molar refractivity (Wildman–Crippen MR) is 118 cm³/mol. The Kier molecular flexibility index (Phi) is 5.98. The summed E-state index contributed by atoms with van der Waals surface area (Å²) in [5.74, 6) is -0.552. The highest BCUT2D eigenvalue weighted by atomic mass is 32.2. The maximum absolute atomic E-state index is 13.1. The van der Waals surface area contributed by atoms with Crippen molar-refractivity contribution in [3.05, 3.63) is 65.4 Å². The van der Waals surface area contributed by atoms with Gasteiger partial charge in [-0.15, -0.1) is 0 Å². The van der Waals surface area contributed by atoms with Gasteiger partial charge in [-0.3, -0.25) is 14.1 Å². The van der Waals surface area contributed by atoms with Gasteiger partial charge in [-0.05, 0) is 17.7 Å². The van der Waals surface area contributed by atoms with Gasteiger partial charge in [0.2, 0.25) is 10.0 Å². The van der Waals surface area contributed by atoms with Crippen LogP contribution in [-0.4, -0.2) is 42.6 Å². The molecule has 0 aliphatic carbocycles. The molecule has 4 rings (SSSR count). The maximum atomic E-state index is 13.1. The van der Waals surface area contributed by atoms with Crippen molar-refractivity contribution in [2.75, 3.05) is 17.6 Å². The molecule has 8 heteroatoms. The van der Waals surface area contributed by atoms with E-state index >= 15 is 0 Å². The van der Waals surface area contributed by atoms with Crippen LogP contribution in [0, 0.1) is 0 Å². The third-order valence-electron chi connectivity index (χ3n) is 4.99. The summed E-state index contributed by atoms with van der Waals surface area (Å²) in [6.45, 7) is 4.57. The molecule has 1 aliphatic rings. The Morgan fingerprint density at radius 1 is 1.13 bits per heavy atom. The first kappa shape index (κ1) is 21.6. The third kappa shape index (κ3) is 3.70. The zero-order chi connectivity index (χ0) is 22.1. The van der Waals surface area contributed by atoms with E-state index in [1.807, 2.05) is 44.2 Å². The number of hydrogen-bond donors (Lipinski definition) is 1. The number of phenols is 1. The molecule has 3 aromatic rings. The summed E-state index contributed by atoms with van der Waals surface area (Å²) in [4.78, 5) is 18.8. The smallest absolute Gasteiger partial charge is 0.258 e. The average Bonchev–Trinajstić information content (AvgIpc) is 3.06. The van der Waals surface area contributed by atoms with Gasteiger partial charge in [0.05, 0.1) is 17.5 Å². The fraction of sp³-hybridized carbons (Fsp3) is 0.273. The highest BCUT2D eigenvalue weighted by Gasteiger charge is 2.36. The van der Waals surface area contributed by atoms with E-state index in [4.69, 9.17) is 0 Å². The Hall–Kier alpha value is -3.13. The van der Waals surface area contributed by atoms with Gasteiger partial charge in [0.1, 0.15) is 5.52 Å². The summed E-state index contributed by atoms with van der Waals surface area (Å²) < 4.78 is 25.7. The quantitative estimate of drug-likeness (QED) is 0.688. The number of fused-ring (bicyclic) bond motifs is 2. The minimum absolute atomic E-state index is 0.118. The fourth-order valence-corrected chi connectivity index (χ4v) is 4.13. The van der Waals surface area contributed by atoms with Crippen molar-refractivity contribution < 1.29 is 18.3 Å². The molecular weight excluding hydrogens is 402 g/mol. The molecule has 1 aromatic heterocycles. The van der Waals surface area contributed by atoms with Gasteiger partial charge in [-0.1, -0.05) is 44.2 Å². The molecule has 2 heterocycles. The van der Waals surface area contributed by atoms with Crippen molar-refractivity contribution in [1.82, 2.24) is 9.88 Å². The number of carbonyl (C=O) groups excluding carboxylic acids is 1. The molecule has 1 aliphatic heterocycles. The van der Waals surface area contributed by atoms with Gasteiger partial charge in [0.15, 0.2) is 5.75 Å². The molecule has 0 atom stereocenters. The van der Waals surface area contributed by atoms with E-state index < -0.39 is 10.0 Å². The second-order valence-electron chi connectivity index (χ2n) is 6.83. The standard InChI is InChI=1S/C20H19N3O4S.C2H6/c1-22(28(2,26)27)18-14-9-6-10-21-17(14)19(24)16-15(18)12-23(20(16)25)11-13-7-4-3-5-8-13;1-2/h3-10,24H,11-12H2,1-2H3;1-2H3. The highest BCUT2D eigenvalue weighted by molar-refractivity contribution is 7.92. The Morgan fingerprint density at radius 3 is 2.43 bits per heavy atom. The van der Waals surface area contributed by atoms with Crippen molar-refractivity contribution in [2.24, 2.45) is 0 Å². The molecule has 30 heavy (non-hydrogen) atoms. The second-order valence-corrected chi connectivity index (χ2v) is 8.84. The molecule has 0 saturated carbocycles. The van der Waals surface area contributed by atoms with Crippen molar-refractivity contribution in [1.29, 1.82) is 0 Å². The second kappa shape index (κ2) is 8.31. The number of pyridine rings is 1. The van der Waals surface area contributed by atoms with E-state index in [9.17, 15) is 18.3 Å². The molecule has 2 aromatic carbocycles. The lowest BCUT2D eigenvalue weighted by Gasteiger charge is -2.22. The van der Waals surface area contributed by atoms with E-state index in [-0.39, 0.29) is 29.3 Å². The van der Waals surface area contributed by atoms with E-state index in [1.54, 1.807) is 17.0 Å². The summed E-state index contributed by atoms with van der Waals surface area (Å²) in [6, 6.07) is 12.9. The number of sulfonamides is 1. The van der Waals surface area contributed by atoms with Crippen LogP contribution in [0.3, 0.4) is 0 Å². The molecule has 0 unspecified atom stereocenters. The lowest BCUT2D eigenvalue weighted by atomic mass is 10.0. The number of aromatic nitrogens is 1. The number of benzene rings is 2. The fourth-order valence-electron chi connectivity index (χ4n) is 3.59. The number of amides is 1. The number of carbonyl (C=O) groups is 1. The summed E-state index contributed by atoms with van der Waals surface area (Å²) in [6.07, 6.45) is 2.60. The molecule has 7 nitrogen and oxygen atoms in total. The number of hydrogen-bond acceptors (Lipinski definition) is 5. The molecular formula is C22H25N3O4S. The zero-order valence-corrected chi connectivity index (χ0v) is 18.3.